The van der Waals surface area contributed by atoms with Crippen LogP contribution in [0.5, 0.6) is 0 Å². The van der Waals surface area contributed by atoms with Crippen molar-refractivity contribution in [3.05, 3.63) is 105 Å². The minimum Gasteiger partial charge on any atom is -0.314 e. The minimum absolute atomic E-state index is 1.11. The molecule has 38 heavy (non-hydrogen) atoms. The Morgan fingerprint density at radius 2 is 0.711 bits per heavy atom. The summed E-state index contributed by atoms with van der Waals surface area (Å²) < 4.78 is 5.16. The molecule has 0 aromatic carbocycles. The normalized spacial score (nSPS) is 21.2. The lowest BCUT2D eigenvalue weighted by Crippen LogP contribution is -2.09. The van der Waals surface area contributed by atoms with Gasteiger partial charge in [0.05, 0.1) is 0 Å². The molecule has 190 valence electrons. The molecule has 2 heterocycles. The number of aromatic nitrogens is 2. The number of allylic oxidation sites excluding steroid dienone is 12. The second-order valence-corrected chi connectivity index (χ2v) is 11.6. The molecule has 2 aromatic rings. The van der Waals surface area contributed by atoms with Crippen molar-refractivity contribution in [2.45, 2.75) is 77.0 Å². The van der Waals surface area contributed by atoms with E-state index < -0.39 is 0 Å². The lowest BCUT2D eigenvalue weighted by atomic mass is 9.89. The molecule has 8 rings (SSSR count). The van der Waals surface area contributed by atoms with E-state index in [2.05, 4.69) is 82.0 Å². The molecular weight excluding hydrogens is 460 g/mol. The van der Waals surface area contributed by atoms with Crippen molar-refractivity contribution in [2.75, 3.05) is 0 Å². The summed E-state index contributed by atoms with van der Waals surface area (Å²) in [7, 11) is 0. The van der Waals surface area contributed by atoms with Gasteiger partial charge in [0.25, 0.3) is 0 Å². The standard InChI is InChI=1S/C36H36N2/c1-5-13-33-29(9-1)30-10-2-6-14-34(30)37(33)27-21-17-25(18-22-27)26-19-23-28(24-20-26)38-35-15-7-3-11-31(35)32-12-4-8-16-36(32)38/h5-8,13-17,19,21,23H,1-4,9-12,18,20,22,24H2. The fourth-order valence-electron chi connectivity index (χ4n) is 7.70. The van der Waals surface area contributed by atoms with Crippen molar-refractivity contribution in [1.29, 1.82) is 0 Å². The molecule has 0 fully saturated rings. The highest BCUT2D eigenvalue weighted by atomic mass is 15.0. The van der Waals surface area contributed by atoms with Gasteiger partial charge in [-0.1, -0.05) is 36.5 Å². The summed E-state index contributed by atoms with van der Waals surface area (Å²) in [6, 6.07) is 0. The lowest BCUT2D eigenvalue weighted by molar-refractivity contribution is 0.846. The van der Waals surface area contributed by atoms with Gasteiger partial charge in [-0.2, -0.15) is 0 Å². The Kier molecular flexibility index (Phi) is 5.35. The third-order valence-electron chi connectivity index (χ3n) is 9.52. The van der Waals surface area contributed by atoms with Crippen LogP contribution in [0.3, 0.4) is 0 Å². The second kappa shape index (κ2) is 9.05. The first-order valence-corrected chi connectivity index (χ1v) is 14.9. The maximum absolute atomic E-state index is 2.58. The van der Waals surface area contributed by atoms with Crippen LogP contribution in [0.25, 0.3) is 35.7 Å². The van der Waals surface area contributed by atoms with Gasteiger partial charge in [-0.05, 0) is 147 Å². The minimum atomic E-state index is 1.11. The summed E-state index contributed by atoms with van der Waals surface area (Å²) in [5.74, 6) is 0. The smallest absolute Gasteiger partial charge is 0.0490 e. The number of fused-ring (bicyclic) bond motifs is 6. The summed E-state index contributed by atoms with van der Waals surface area (Å²) >= 11 is 0. The zero-order chi connectivity index (χ0) is 25.1. The van der Waals surface area contributed by atoms with E-state index in [0.717, 1.165) is 25.7 Å². The zero-order valence-electron chi connectivity index (χ0n) is 22.3. The van der Waals surface area contributed by atoms with Crippen LogP contribution < -0.4 is 0 Å². The molecule has 0 spiro atoms. The maximum Gasteiger partial charge on any atom is 0.0490 e. The van der Waals surface area contributed by atoms with Crippen LogP contribution >= 0.6 is 0 Å². The first kappa shape index (κ1) is 22.5. The molecule has 0 saturated heterocycles. The highest BCUT2D eigenvalue weighted by Gasteiger charge is 2.27. The van der Waals surface area contributed by atoms with Crippen LogP contribution in [0, 0.1) is 0 Å². The molecule has 0 atom stereocenters. The molecule has 0 radical (unpaired) electrons. The first-order valence-electron chi connectivity index (χ1n) is 14.9. The van der Waals surface area contributed by atoms with E-state index in [9.17, 15) is 0 Å². The van der Waals surface area contributed by atoms with E-state index in [1.165, 1.54) is 96.7 Å². The Bertz CT molecular complexity index is 1400. The summed E-state index contributed by atoms with van der Waals surface area (Å²) in [5, 5.41) is 0. The van der Waals surface area contributed by atoms with Gasteiger partial charge in [-0.3, -0.25) is 0 Å². The summed E-state index contributed by atoms with van der Waals surface area (Å²) in [6.45, 7) is 0. The third-order valence-corrected chi connectivity index (χ3v) is 9.52. The second-order valence-electron chi connectivity index (χ2n) is 11.6. The SMILES string of the molecule is C1=Cc2c(c3c(n2C2=CC=C(C4=CC=C(n5c6c(c7c5C=CCC7)CCC=C6)CC4)CC2)C=CCC3)CC1. The van der Waals surface area contributed by atoms with Gasteiger partial charge >= 0.3 is 0 Å². The molecule has 2 aromatic heterocycles. The van der Waals surface area contributed by atoms with Gasteiger partial charge in [-0.15, -0.1) is 0 Å². The molecule has 0 bridgehead atoms. The topological polar surface area (TPSA) is 9.86 Å². The van der Waals surface area contributed by atoms with E-state index >= 15 is 0 Å². The highest BCUT2D eigenvalue weighted by molar-refractivity contribution is 5.75. The maximum atomic E-state index is 2.58. The van der Waals surface area contributed by atoms with Crippen LogP contribution in [0.2, 0.25) is 0 Å². The Labute approximate surface area is 226 Å². The molecular formula is C36H36N2. The Hall–Kier alpha value is -3.52. The van der Waals surface area contributed by atoms with Gasteiger partial charge in [-0.25, -0.2) is 0 Å². The van der Waals surface area contributed by atoms with Crippen molar-refractivity contribution in [1.82, 2.24) is 9.13 Å². The monoisotopic (exact) mass is 496 g/mol. The number of rotatable bonds is 3. The van der Waals surface area contributed by atoms with Crippen molar-refractivity contribution < 1.29 is 0 Å². The largest absolute Gasteiger partial charge is 0.314 e. The number of nitrogens with zero attached hydrogens (tertiary/aromatic N) is 2. The molecule has 2 nitrogen and oxygen atoms in total. The zero-order valence-corrected chi connectivity index (χ0v) is 22.3. The Morgan fingerprint density at radius 3 is 1.00 bits per heavy atom. The Morgan fingerprint density at radius 1 is 0.368 bits per heavy atom. The van der Waals surface area contributed by atoms with Crippen molar-refractivity contribution in [3.8, 4) is 0 Å². The fourth-order valence-corrected chi connectivity index (χ4v) is 7.70. The van der Waals surface area contributed by atoms with Crippen molar-refractivity contribution >= 4 is 35.7 Å². The van der Waals surface area contributed by atoms with E-state index in [1.54, 1.807) is 22.3 Å². The van der Waals surface area contributed by atoms with Crippen molar-refractivity contribution in [2.24, 2.45) is 0 Å². The van der Waals surface area contributed by atoms with Crippen LogP contribution in [-0.4, -0.2) is 9.13 Å². The summed E-state index contributed by atoms with van der Waals surface area (Å²) in [5.41, 5.74) is 18.2. The van der Waals surface area contributed by atoms with Gasteiger partial charge in [0.1, 0.15) is 0 Å². The van der Waals surface area contributed by atoms with Gasteiger partial charge in [0, 0.05) is 34.2 Å². The predicted molar refractivity (Wildman–Crippen MR) is 161 cm³/mol. The summed E-state index contributed by atoms with van der Waals surface area (Å²) in [6.07, 6.45) is 42.7. The third kappa shape index (κ3) is 3.46. The van der Waals surface area contributed by atoms with Gasteiger partial charge in [0.2, 0.25) is 0 Å². The molecule has 6 aliphatic carbocycles. The average molecular weight is 497 g/mol. The Balaban J connectivity index is 1.12. The fraction of sp³-hybridized carbons (Fsp3) is 0.333. The molecule has 0 saturated carbocycles. The van der Waals surface area contributed by atoms with Crippen LogP contribution in [0.4, 0.5) is 0 Å². The molecule has 0 unspecified atom stereocenters. The summed E-state index contributed by atoms with van der Waals surface area (Å²) in [4.78, 5) is 0. The van der Waals surface area contributed by atoms with E-state index in [0.29, 0.717) is 0 Å². The molecule has 2 heteroatoms. The molecule has 6 aliphatic rings. The number of hydrogen-bond acceptors (Lipinski definition) is 0. The highest BCUT2D eigenvalue weighted by Crippen LogP contribution is 2.41. The average Bonchev–Trinajstić information content (AvgIpc) is 3.51. The lowest BCUT2D eigenvalue weighted by Gasteiger charge is -2.24. The van der Waals surface area contributed by atoms with Crippen LogP contribution in [0.15, 0.2) is 59.8 Å². The number of hydrogen-bond donors (Lipinski definition) is 0. The van der Waals surface area contributed by atoms with Crippen molar-refractivity contribution in [3.63, 3.8) is 0 Å². The van der Waals surface area contributed by atoms with E-state index in [-0.39, 0.29) is 0 Å². The van der Waals surface area contributed by atoms with E-state index in [4.69, 9.17) is 0 Å². The van der Waals surface area contributed by atoms with E-state index in [1.807, 2.05) is 0 Å². The quantitative estimate of drug-likeness (QED) is 0.401. The first-order chi connectivity index (χ1) is 18.9. The molecule has 0 aliphatic heterocycles. The van der Waals surface area contributed by atoms with Crippen LogP contribution in [0.1, 0.15) is 96.4 Å². The van der Waals surface area contributed by atoms with Gasteiger partial charge in [0.15, 0.2) is 0 Å². The predicted octanol–water partition coefficient (Wildman–Crippen LogP) is 8.95. The van der Waals surface area contributed by atoms with Gasteiger partial charge < -0.3 is 9.13 Å². The van der Waals surface area contributed by atoms with Crippen LogP contribution in [-0.2, 0) is 25.7 Å². The molecule has 0 N–H and O–H groups in total. The molecule has 0 amide bonds.